The summed E-state index contributed by atoms with van der Waals surface area (Å²) in [5.74, 6) is 0.591. The lowest BCUT2D eigenvalue weighted by atomic mass is 10.0. The standard InChI is InChI=1S/C19H28O4/c1-2-3-7-16(12-13-20)8-6-10-18(22)17-9-4-5-11-19(17)23-15-14-21/h4-6,9,11,18,20-22H,2-3,7,10,12-15H2,1H3/t8?,18-/m1/s1. The Morgan fingerprint density at radius 2 is 2.00 bits per heavy atom. The minimum absolute atomic E-state index is 0.0605. The highest BCUT2D eigenvalue weighted by molar-refractivity contribution is 5.35. The summed E-state index contributed by atoms with van der Waals surface area (Å²) < 4.78 is 5.44. The van der Waals surface area contributed by atoms with E-state index in [0.29, 0.717) is 24.2 Å². The van der Waals surface area contributed by atoms with Crippen LogP contribution in [0.1, 0.15) is 50.7 Å². The summed E-state index contributed by atoms with van der Waals surface area (Å²) in [7, 11) is 0. The number of ether oxygens (including phenoxy) is 1. The van der Waals surface area contributed by atoms with Gasteiger partial charge in [0, 0.05) is 18.6 Å². The Bertz CT molecular complexity index is 504. The van der Waals surface area contributed by atoms with Crippen LogP contribution in [0.4, 0.5) is 0 Å². The van der Waals surface area contributed by atoms with Crippen LogP contribution < -0.4 is 4.74 Å². The average Bonchev–Trinajstić information content (AvgIpc) is 2.58. The second-order valence-corrected chi connectivity index (χ2v) is 5.39. The Balaban J connectivity index is 2.74. The van der Waals surface area contributed by atoms with Gasteiger partial charge in [-0.05, 0) is 37.0 Å². The number of rotatable bonds is 11. The van der Waals surface area contributed by atoms with Gasteiger partial charge in [-0.2, -0.15) is 0 Å². The van der Waals surface area contributed by atoms with Crippen LogP contribution in [0.25, 0.3) is 0 Å². The van der Waals surface area contributed by atoms with E-state index in [9.17, 15) is 5.11 Å². The largest absolute Gasteiger partial charge is 0.491 e. The van der Waals surface area contributed by atoms with Crippen molar-refractivity contribution >= 4 is 0 Å². The summed E-state index contributed by atoms with van der Waals surface area (Å²) >= 11 is 0. The van der Waals surface area contributed by atoms with E-state index in [4.69, 9.17) is 14.9 Å². The van der Waals surface area contributed by atoms with E-state index in [0.717, 1.165) is 24.8 Å². The highest BCUT2D eigenvalue weighted by Gasteiger charge is 2.11. The molecule has 0 saturated carbocycles. The third kappa shape index (κ3) is 7.49. The maximum atomic E-state index is 10.3. The summed E-state index contributed by atoms with van der Waals surface area (Å²) in [5, 5.41) is 28.3. The minimum atomic E-state index is -0.682. The normalized spacial score (nSPS) is 11.7. The molecule has 0 heterocycles. The number of aliphatic hydroxyl groups is 3. The molecule has 1 rings (SSSR count). The number of benzene rings is 1. The van der Waals surface area contributed by atoms with Crippen LogP contribution in [0.2, 0.25) is 0 Å². The zero-order valence-corrected chi connectivity index (χ0v) is 13.9. The van der Waals surface area contributed by atoms with Gasteiger partial charge in [-0.15, -0.1) is 5.73 Å². The Kier molecular flexibility index (Phi) is 10.1. The van der Waals surface area contributed by atoms with Crippen molar-refractivity contribution in [3.05, 3.63) is 47.2 Å². The lowest BCUT2D eigenvalue weighted by Crippen LogP contribution is -2.06. The topological polar surface area (TPSA) is 69.9 Å². The average molecular weight is 320 g/mol. The third-order valence-corrected chi connectivity index (χ3v) is 3.52. The molecule has 4 nitrogen and oxygen atoms in total. The Morgan fingerprint density at radius 3 is 2.70 bits per heavy atom. The van der Waals surface area contributed by atoms with Crippen molar-refractivity contribution in [3.8, 4) is 5.75 Å². The molecule has 0 saturated heterocycles. The predicted molar refractivity (Wildman–Crippen MR) is 91.4 cm³/mol. The zero-order valence-electron chi connectivity index (χ0n) is 13.9. The molecule has 0 radical (unpaired) electrons. The fourth-order valence-electron chi connectivity index (χ4n) is 2.28. The van der Waals surface area contributed by atoms with Gasteiger partial charge in [-0.25, -0.2) is 0 Å². The number of aliphatic hydroxyl groups excluding tert-OH is 3. The maximum Gasteiger partial charge on any atom is 0.125 e. The molecule has 1 atom stereocenters. The summed E-state index contributed by atoms with van der Waals surface area (Å²) in [5.41, 5.74) is 5.00. The molecular weight excluding hydrogens is 292 g/mol. The van der Waals surface area contributed by atoms with E-state index < -0.39 is 6.10 Å². The van der Waals surface area contributed by atoms with Gasteiger partial charge >= 0.3 is 0 Å². The van der Waals surface area contributed by atoms with Gasteiger partial charge in [0.15, 0.2) is 0 Å². The molecule has 23 heavy (non-hydrogen) atoms. The molecule has 0 unspecified atom stereocenters. The lowest BCUT2D eigenvalue weighted by molar-refractivity contribution is 0.166. The van der Waals surface area contributed by atoms with Crippen LogP contribution in [-0.4, -0.2) is 35.1 Å². The molecule has 1 aromatic rings. The quantitative estimate of drug-likeness (QED) is 0.548. The highest BCUT2D eigenvalue weighted by Crippen LogP contribution is 2.27. The Hall–Kier alpha value is -1.58. The van der Waals surface area contributed by atoms with Crippen molar-refractivity contribution in [2.75, 3.05) is 19.8 Å². The first kappa shape index (κ1) is 19.5. The van der Waals surface area contributed by atoms with E-state index in [1.807, 2.05) is 24.3 Å². The van der Waals surface area contributed by atoms with Crippen molar-refractivity contribution in [3.63, 3.8) is 0 Å². The third-order valence-electron chi connectivity index (χ3n) is 3.52. The van der Waals surface area contributed by atoms with Gasteiger partial charge in [-0.1, -0.05) is 31.5 Å². The van der Waals surface area contributed by atoms with Gasteiger partial charge in [0.25, 0.3) is 0 Å². The van der Waals surface area contributed by atoms with E-state index in [-0.39, 0.29) is 19.8 Å². The molecule has 0 aromatic heterocycles. The van der Waals surface area contributed by atoms with E-state index in [1.54, 1.807) is 6.07 Å². The molecule has 0 amide bonds. The summed E-state index contributed by atoms with van der Waals surface area (Å²) in [4.78, 5) is 0. The second kappa shape index (κ2) is 11.9. The van der Waals surface area contributed by atoms with Crippen LogP contribution in [0.15, 0.2) is 41.6 Å². The van der Waals surface area contributed by atoms with E-state index >= 15 is 0 Å². The maximum absolute atomic E-state index is 10.3. The zero-order chi connectivity index (χ0) is 16.9. The van der Waals surface area contributed by atoms with Crippen LogP contribution in [0.3, 0.4) is 0 Å². The minimum Gasteiger partial charge on any atom is -0.491 e. The van der Waals surface area contributed by atoms with E-state index in [1.165, 1.54) is 0 Å². The fourth-order valence-corrected chi connectivity index (χ4v) is 2.28. The first-order valence-corrected chi connectivity index (χ1v) is 8.27. The molecule has 0 aliphatic carbocycles. The van der Waals surface area contributed by atoms with Crippen molar-refractivity contribution in [1.82, 2.24) is 0 Å². The van der Waals surface area contributed by atoms with Gasteiger partial charge in [0.05, 0.1) is 12.7 Å². The number of para-hydroxylation sites is 1. The van der Waals surface area contributed by atoms with E-state index in [2.05, 4.69) is 12.7 Å². The molecular formula is C19H28O4. The van der Waals surface area contributed by atoms with Gasteiger partial charge in [0.1, 0.15) is 12.4 Å². The second-order valence-electron chi connectivity index (χ2n) is 5.39. The van der Waals surface area contributed by atoms with Crippen LogP contribution in [0, 0.1) is 0 Å². The lowest BCUT2D eigenvalue weighted by Gasteiger charge is -2.14. The van der Waals surface area contributed by atoms with Crippen molar-refractivity contribution in [1.29, 1.82) is 0 Å². The molecule has 1 aromatic carbocycles. The molecule has 0 spiro atoms. The molecule has 0 aliphatic heterocycles. The summed E-state index contributed by atoms with van der Waals surface area (Å²) in [6, 6.07) is 7.29. The highest BCUT2D eigenvalue weighted by atomic mass is 16.5. The number of unbranched alkanes of at least 4 members (excludes halogenated alkanes) is 1. The molecule has 0 fully saturated rings. The SMILES string of the molecule is CCCCC(=C=CC[C@@H](O)c1ccccc1OCCO)CCO. The van der Waals surface area contributed by atoms with Crippen LogP contribution in [0.5, 0.6) is 5.75 Å². The summed E-state index contributed by atoms with van der Waals surface area (Å²) in [6.07, 6.45) is 5.32. The molecule has 0 aliphatic rings. The number of hydrogen-bond donors (Lipinski definition) is 3. The first-order chi connectivity index (χ1) is 11.2. The molecule has 0 bridgehead atoms. The smallest absolute Gasteiger partial charge is 0.125 e. The Morgan fingerprint density at radius 1 is 1.22 bits per heavy atom. The van der Waals surface area contributed by atoms with Crippen molar-refractivity contribution in [2.45, 2.75) is 45.1 Å². The monoisotopic (exact) mass is 320 g/mol. The summed E-state index contributed by atoms with van der Waals surface area (Å²) in [6.45, 7) is 2.40. The number of hydrogen-bond acceptors (Lipinski definition) is 4. The molecule has 128 valence electrons. The van der Waals surface area contributed by atoms with Gasteiger partial charge in [-0.3, -0.25) is 0 Å². The van der Waals surface area contributed by atoms with Crippen molar-refractivity contribution in [2.24, 2.45) is 0 Å². The van der Waals surface area contributed by atoms with Crippen LogP contribution in [-0.2, 0) is 0 Å². The van der Waals surface area contributed by atoms with Gasteiger partial charge in [0.2, 0.25) is 0 Å². The Labute approximate surface area is 138 Å². The molecule has 3 N–H and O–H groups in total. The van der Waals surface area contributed by atoms with Crippen molar-refractivity contribution < 1.29 is 20.1 Å². The molecule has 4 heteroatoms. The first-order valence-electron chi connectivity index (χ1n) is 8.27. The van der Waals surface area contributed by atoms with Gasteiger partial charge < -0.3 is 20.1 Å². The fraction of sp³-hybridized carbons (Fsp3) is 0.526. The predicted octanol–water partition coefficient (Wildman–Crippen LogP) is 3.14. The van der Waals surface area contributed by atoms with Crippen LogP contribution >= 0.6 is 0 Å².